The van der Waals surface area contributed by atoms with Crippen LogP contribution in [0.15, 0.2) is 0 Å². The average molecular weight is 233 g/mol. The maximum Gasteiger partial charge on any atom is 0.0602 e. The van der Waals surface area contributed by atoms with Crippen molar-refractivity contribution in [2.75, 3.05) is 6.61 Å². The normalized spacial score (nSPS) is 15.0. The van der Waals surface area contributed by atoms with E-state index in [9.17, 15) is 0 Å². The first-order chi connectivity index (χ1) is 3.18. The smallest absolute Gasteiger partial charge is 0.0602 e. The highest BCUT2D eigenvalue weighted by Gasteiger charge is 2.02. The van der Waals surface area contributed by atoms with Crippen molar-refractivity contribution in [3.05, 3.63) is 0 Å². The van der Waals surface area contributed by atoms with Crippen molar-refractivity contribution in [3.8, 4) is 0 Å². The number of hydrogen-bond donors (Lipinski definition) is 1. The minimum atomic E-state index is 0.125. The average Bonchev–Trinajstić information content (AvgIpc) is 1.65. The Labute approximate surface area is 60.2 Å². The molecule has 4 heteroatoms. The molecule has 0 rings (SSSR count). The van der Waals surface area contributed by atoms with Gasteiger partial charge in [0.05, 0.1) is 12.6 Å². The molecule has 0 spiro atoms. The summed E-state index contributed by atoms with van der Waals surface area (Å²) >= 11 is 6.18. The maximum absolute atomic E-state index is 8.40. The molecule has 1 unspecified atom stereocenters. The largest absolute Gasteiger partial charge is 0.395 e. The Balaban J connectivity index is 3.14. The quantitative estimate of drug-likeness (QED) is 0.726. The number of aliphatic hydroxyl groups excluding tert-OH is 1. The second-order valence-electron chi connectivity index (χ2n) is 1.29. The lowest BCUT2D eigenvalue weighted by atomic mass is 10.4. The minimum absolute atomic E-state index is 0.125. The van der Waals surface area contributed by atoms with Crippen molar-refractivity contribution in [2.24, 2.45) is 0 Å². The first-order valence-corrected chi connectivity index (χ1v) is 3.32. The van der Waals surface area contributed by atoms with Gasteiger partial charge in [-0.25, -0.2) is 0 Å². The SMILES string of the molecule is CC(CO)N(Br)Br. The number of rotatable bonds is 2. The third-order valence-corrected chi connectivity index (χ3v) is 2.00. The van der Waals surface area contributed by atoms with Crippen molar-refractivity contribution in [3.63, 3.8) is 0 Å². The van der Waals surface area contributed by atoms with Gasteiger partial charge in [-0.2, -0.15) is 2.95 Å². The molecule has 7 heavy (non-hydrogen) atoms. The Kier molecular flexibility index (Phi) is 4.31. The molecule has 1 atom stereocenters. The first-order valence-electron chi connectivity index (χ1n) is 1.90. The van der Waals surface area contributed by atoms with Crippen LogP contribution < -0.4 is 0 Å². The molecule has 0 aromatic heterocycles. The molecule has 0 aliphatic carbocycles. The van der Waals surface area contributed by atoms with Crippen LogP contribution in [0.25, 0.3) is 0 Å². The fourth-order valence-corrected chi connectivity index (χ4v) is 0.321. The van der Waals surface area contributed by atoms with Gasteiger partial charge in [0.15, 0.2) is 0 Å². The predicted molar refractivity (Wildman–Crippen MR) is 36.2 cm³/mol. The molecule has 44 valence electrons. The van der Waals surface area contributed by atoms with Crippen molar-refractivity contribution in [2.45, 2.75) is 13.0 Å². The van der Waals surface area contributed by atoms with Crippen LogP contribution in [0, 0.1) is 0 Å². The molecule has 0 saturated carbocycles. The minimum Gasteiger partial charge on any atom is -0.395 e. The monoisotopic (exact) mass is 231 g/mol. The van der Waals surface area contributed by atoms with E-state index >= 15 is 0 Å². The Morgan fingerprint density at radius 2 is 2.14 bits per heavy atom. The summed E-state index contributed by atoms with van der Waals surface area (Å²) in [5, 5.41) is 8.40. The number of aliphatic hydroxyl groups is 1. The Morgan fingerprint density at radius 3 is 2.14 bits per heavy atom. The summed E-state index contributed by atoms with van der Waals surface area (Å²) in [5.41, 5.74) is 0. The van der Waals surface area contributed by atoms with Crippen molar-refractivity contribution < 1.29 is 5.11 Å². The standard InChI is InChI=1S/C3H7Br2NO/c1-3(2-7)6(4)5/h3,7H,2H2,1H3. The van der Waals surface area contributed by atoms with E-state index in [1.165, 1.54) is 0 Å². The second kappa shape index (κ2) is 3.83. The maximum atomic E-state index is 8.40. The molecule has 0 amide bonds. The van der Waals surface area contributed by atoms with Crippen molar-refractivity contribution in [1.29, 1.82) is 0 Å². The lowest BCUT2D eigenvalue weighted by Gasteiger charge is -2.09. The first kappa shape index (κ1) is 7.88. The van der Waals surface area contributed by atoms with Gasteiger partial charge >= 0.3 is 0 Å². The molecular weight excluding hydrogens is 226 g/mol. The lowest BCUT2D eigenvalue weighted by molar-refractivity contribution is 0.249. The molecule has 0 fully saturated rings. The van der Waals surface area contributed by atoms with Crippen LogP contribution in [0.1, 0.15) is 6.92 Å². The Hall–Kier alpha value is 0.880. The second-order valence-corrected chi connectivity index (χ2v) is 3.77. The molecule has 0 saturated heterocycles. The summed E-state index contributed by atoms with van der Waals surface area (Å²) < 4.78 is 1.60. The van der Waals surface area contributed by atoms with Gasteiger partial charge in [0.2, 0.25) is 0 Å². The molecule has 0 aromatic rings. The highest BCUT2D eigenvalue weighted by atomic mass is 79.9. The fourth-order valence-electron chi connectivity index (χ4n) is 0.0617. The van der Waals surface area contributed by atoms with E-state index in [1.807, 2.05) is 6.92 Å². The van der Waals surface area contributed by atoms with E-state index in [-0.39, 0.29) is 12.6 Å². The van der Waals surface area contributed by atoms with E-state index in [1.54, 1.807) is 2.95 Å². The Bertz CT molecular complexity index is 50.2. The number of nitrogens with zero attached hydrogens (tertiary/aromatic N) is 1. The molecule has 0 aliphatic rings. The molecule has 0 radical (unpaired) electrons. The van der Waals surface area contributed by atoms with Gasteiger partial charge in [-0.05, 0) is 6.92 Å². The highest BCUT2D eigenvalue weighted by molar-refractivity contribution is 9.21. The van der Waals surface area contributed by atoms with Gasteiger partial charge in [-0.1, -0.05) is 0 Å². The summed E-state index contributed by atoms with van der Waals surface area (Å²) in [6, 6.07) is 0.125. The molecule has 2 nitrogen and oxygen atoms in total. The van der Waals surface area contributed by atoms with Gasteiger partial charge in [0, 0.05) is 32.3 Å². The van der Waals surface area contributed by atoms with Gasteiger partial charge in [0.25, 0.3) is 0 Å². The van der Waals surface area contributed by atoms with Crippen molar-refractivity contribution in [1.82, 2.24) is 2.95 Å². The fraction of sp³-hybridized carbons (Fsp3) is 1.00. The summed E-state index contributed by atoms with van der Waals surface area (Å²) in [6.07, 6.45) is 0. The molecule has 0 bridgehead atoms. The number of hydrogen-bond acceptors (Lipinski definition) is 2. The molecule has 0 aromatic carbocycles. The lowest BCUT2D eigenvalue weighted by Crippen LogP contribution is -2.17. The number of halogens is 2. The Morgan fingerprint density at radius 1 is 1.71 bits per heavy atom. The molecular formula is C3H7Br2NO. The molecule has 0 aliphatic heterocycles. The topological polar surface area (TPSA) is 23.5 Å². The summed E-state index contributed by atoms with van der Waals surface area (Å²) in [6.45, 7) is 2.03. The van der Waals surface area contributed by atoms with Gasteiger partial charge in [0.1, 0.15) is 0 Å². The highest BCUT2D eigenvalue weighted by Crippen LogP contribution is 2.09. The van der Waals surface area contributed by atoms with Gasteiger partial charge in [-0.3, -0.25) is 0 Å². The van der Waals surface area contributed by atoms with Crippen LogP contribution in [0.2, 0.25) is 0 Å². The zero-order chi connectivity index (χ0) is 5.86. The van der Waals surface area contributed by atoms with E-state index in [0.29, 0.717) is 0 Å². The van der Waals surface area contributed by atoms with E-state index in [0.717, 1.165) is 0 Å². The zero-order valence-corrected chi connectivity index (χ0v) is 7.11. The van der Waals surface area contributed by atoms with Crippen molar-refractivity contribution >= 4 is 32.3 Å². The van der Waals surface area contributed by atoms with Crippen LogP contribution in [0.5, 0.6) is 0 Å². The summed E-state index contributed by atoms with van der Waals surface area (Å²) in [5.74, 6) is 0. The van der Waals surface area contributed by atoms with Crippen LogP contribution in [-0.4, -0.2) is 20.7 Å². The molecule has 0 heterocycles. The zero-order valence-electron chi connectivity index (χ0n) is 3.93. The van der Waals surface area contributed by atoms with Crippen LogP contribution in [-0.2, 0) is 0 Å². The summed E-state index contributed by atoms with van der Waals surface area (Å²) in [4.78, 5) is 0. The third-order valence-electron chi connectivity index (χ3n) is 0.597. The van der Waals surface area contributed by atoms with E-state index in [4.69, 9.17) is 5.11 Å². The van der Waals surface area contributed by atoms with Crippen LogP contribution in [0.3, 0.4) is 0 Å². The predicted octanol–water partition coefficient (Wildman–Crippen LogP) is 1.29. The van der Waals surface area contributed by atoms with E-state index in [2.05, 4.69) is 32.3 Å². The van der Waals surface area contributed by atoms with Gasteiger partial charge in [-0.15, -0.1) is 0 Å². The van der Waals surface area contributed by atoms with E-state index < -0.39 is 0 Å². The van der Waals surface area contributed by atoms with Crippen LogP contribution in [0.4, 0.5) is 0 Å². The van der Waals surface area contributed by atoms with Crippen LogP contribution >= 0.6 is 32.3 Å². The third kappa shape index (κ3) is 3.46. The van der Waals surface area contributed by atoms with Gasteiger partial charge < -0.3 is 5.11 Å². The summed E-state index contributed by atoms with van der Waals surface area (Å²) in [7, 11) is 0. The molecule has 1 N–H and O–H groups in total.